The molecule has 0 radical (unpaired) electrons. The minimum Gasteiger partial charge on any atom is -0.234 e. The molecule has 0 spiro atoms. The van der Waals surface area contributed by atoms with Crippen LogP contribution in [0.5, 0.6) is 0 Å². The molecule has 2 rings (SSSR count). The van der Waals surface area contributed by atoms with E-state index in [0.717, 1.165) is 17.7 Å². The summed E-state index contributed by atoms with van der Waals surface area (Å²) in [5.41, 5.74) is 3.24. The van der Waals surface area contributed by atoms with Crippen molar-refractivity contribution in [3.8, 4) is 0 Å². The molecule has 2 aromatic carbocycles. The fourth-order valence-corrected chi connectivity index (χ4v) is 2.92. The van der Waals surface area contributed by atoms with E-state index in [2.05, 4.69) is 35.6 Å². The first-order chi connectivity index (χ1) is 10.9. The first-order valence-electron chi connectivity index (χ1n) is 7.98. The molecular weight excluding hydrogens is 302 g/mol. The van der Waals surface area contributed by atoms with Gasteiger partial charge in [-0.15, -0.1) is 0 Å². The maximum absolute atomic E-state index is 12.5. The van der Waals surface area contributed by atoms with Crippen molar-refractivity contribution in [2.24, 2.45) is 4.40 Å². The van der Waals surface area contributed by atoms with Gasteiger partial charge in [-0.2, -0.15) is 4.40 Å². The van der Waals surface area contributed by atoms with Crippen molar-refractivity contribution in [3.05, 3.63) is 71.8 Å². The highest BCUT2D eigenvalue weighted by atomic mass is 32.2. The Bertz CT molecular complexity index is 672. The molecule has 0 aliphatic carbocycles. The number of hydrogen-bond acceptors (Lipinski definition) is 1. The molecule has 0 aliphatic heterocycles. The lowest BCUT2D eigenvalue weighted by Gasteiger charge is -2.18. The number of rotatable bonds is 5. The summed E-state index contributed by atoms with van der Waals surface area (Å²) < 4.78 is 16.7. The molecule has 3 heteroatoms. The zero-order chi connectivity index (χ0) is 16.9. The van der Waals surface area contributed by atoms with E-state index in [9.17, 15) is 4.21 Å². The van der Waals surface area contributed by atoms with Crippen LogP contribution >= 0.6 is 0 Å². The van der Waals surface area contributed by atoms with Crippen LogP contribution in [0.3, 0.4) is 0 Å². The van der Waals surface area contributed by atoms with Gasteiger partial charge < -0.3 is 0 Å². The molecule has 0 N–H and O–H groups in total. The largest absolute Gasteiger partial charge is 0.234 e. The predicted octanol–water partition coefficient (Wildman–Crippen LogP) is 5.13. The van der Waals surface area contributed by atoms with Gasteiger partial charge >= 0.3 is 0 Å². The highest BCUT2D eigenvalue weighted by Crippen LogP contribution is 2.23. The van der Waals surface area contributed by atoms with Gasteiger partial charge in [0.15, 0.2) is 0 Å². The summed E-state index contributed by atoms with van der Waals surface area (Å²) in [6.07, 6.45) is 0.774. The van der Waals surface area contributed by atoms with E-state index in [1.165, 1.54) is 5.56 Å². The van der Waals surface area contributed by atoms with Gasteiger partial charge in [-0.1, -0.05) is 67.6 Å². The van der Waals surface area contributed by atoms with Crippen LogP contribution in [0, 0.1) is 0 Å². The molecule has 2 atom stereocenters. The summed E-state index contributed by atoms with van der Waals surface area (Å²) in [6.45, 7) is 8.05. The average molecular weight is 327 g/mol. The van der Waals surface area contributed by atoms with Crippen LogP contribution in [-0.2, 0) is 11.0 Å². The normalized spacial score (nSPS) is 15.2. The van der Waals surface area contributed by atoms with Crippen molar-refractivity contribution < 1.29 is 4.21 Å². The van der Waals surface area contributed by atoms with Crippen LogP contribution in [0.15, 0.2) is 65.1 Å². The van der Waals surface area contributed by atoms with Crippen molar-refractivity contribution >= 4 is 16.7 Å². The molecule has 0 heterocycles. The Morgan fingerprint density at radius 2 is 1.52 bits per heavy atom. The fraction of sp³-hybridized carbons (Fsp3) is 0.350. The van der Waals surface area contributed by atoms with E-state index in [4.69, 9.17) is 0 Å². The van der Waals surface area contributed by atoms with E-state index in [0.29, 0.717) is 5.92 Å². The molecular formula is C20H25NOS. The highest BCUT2D eigenvalue weighted by Gasteiger charge is 2.21. The predicted molar refractivity (Wildman–Crippen MR) is 100 cm³/mol. The second-order valence-corrected chi connectivity index (χ2v) is 8.69. The topological polar surface area (TPSA) is 29.4 Å². The minimum absolute atomic E-state index is 0.326. The van der Waals surface area contributed by atoms with Crippen molar-refractivity contribution in [2.75, 3.05) is 0 Å². The maximum Gasteiger partial charge on any atom is 0.145 e. The third-order valence-electron chi connectivity index (χ3n) is 3.69. The summed E-state index contributed by atoms with van der Waals surface area (Å²) in [4.78, 5) is 0. The van der Waals surface area contributed by atoms with E-state index in [-0.39, 0.29) is 4.75 Å². The molecule has 0 saturated heterocycles. The Hall–Kier alpha value is -1.74. The SMILES string of the molecule is C[C@H](C/C(=N\S(=O)C(C)(C)C)c1ccccc1)c1ccccc1. The first-order valence-corrected chi connectivity index (χ1v) is 9.08. The molecule has 0 aromatic heterocycles. The molecule has 0 amide bonds. The molecule has 1 unspecified atom stereocenters. The molecule has 2 aromatic rings. The van der Waals surface area contributed by atoms with E-state index in [1.54, 1.807) is 0 Å². The van der Waals surface area contributed by atoms with Gasteiger partial charge in [0.1, 0.15) is 11.0 Å². The molecule has 2 nitrogen and oxygen atoms in total. The Kier molecular flexibility index (Phi) is 5.89. The quantitative estimate of drug-likeness (QED) is 0.700. The van der Waals surface area contributed by atoms with Gasteiger partial charge in [0.05, 0.1) is 10.5 Å². The van der Waals surface area contributed by atoms with Crippen molar-refractivity contribution in [1.29, 1.82) is 0 Å². The van der Waals surface area contributed by atoms with E-state index >= 15 is 0 Å². The van der Waals surface area contributed by atoms with Crippen LogP contribution in [0.4, 0.5) is 0 Å². The van der Waals surface area contributed by atoms with Crippen LogP contribution in [0.2, 0.25) is 0 Å². The van der Waals surface area contributed by atoms with Gasteiger partial charge in [-0.05, 0) is 44.2 Å². The highest BCUT2D eigenvalue weighted by molar-refractivity contribution is 7.85. The molecule has 23 heavy (non-hydrogen) atoms. The Labute approximate surface area is 142 Å². The summed E-state index contributed by atoms with van der Waals surface area (Å²) in [6, 6.07) is 20.5. The van der Waals surface area contributed by atoms with Crippen LogP contribution < -0.4 is 0 Å². The first kappa shape index (κ1) is 17.6. The van der Waals surface area contributed by atoms with Crippen molar-refractivity contribution in [1.82, 2.24) is 0 Å². The van der Waals surface area contributed by atoms with Gasteiger partial charge in [0.25, 0.3) is 0 Å². The average Bonchev–Trinajstić information content (AvgIpc) is 2.55. The second kappa shape index (κ2) is 7.69. The van der Waals surface area contributed by atoms with Crippen LogP contribution in [0.25, 0.3) is 0 Å². The standard InChI is InChI=1S/C20H25NOS/c1-16(17-11-7-5-8-12-17)15-19(18-13-9-6-10-14-18)21-23(22)20(2,3)4/h5-14,16H,15H2,1-4H3/b21-19+/t16-,23?/m1/s1. The summed E-state index contributed by atoms with van der Waals surface area (Å²) in [5, 5.41) is 0. The van der Waals surface area contributed by atoms with Crippen molar-refractivity contribution in [2.45, 2.75) is 44.8 Å². The lowest BCUT2D eigenvalue weighted by molar-refractivity contribution is 0.650. The second-order valence-electron chi connectivity index (χ2n) is 6.78. The summed E-state index contributed by atoms with van der Waals surface area (Å²) >= 11 is 0. The molecule has 122 valence electrons. The van der Waals surface area contributed by atoms with E-state index in [1.807, 2.05) is 57.2 Å². The maximum atomic E-state index is 12.5. The number of benzene rings is 2. The zero-order valence-corrected chi connectivity index (χ0v) is 15.1. The molecule has 0 bridgehead atoms. The zero-order valence-electron chi connectivity index (χ0n) is 14.3. The van der Waals surface area contributed by atoms with Gasteiger partial charge in [-0.25, -0.2) is 4.21 Å². The fourth-order valence-electron chi connectivity index (χ4n) is 2.26. The Morgan fingerprint density at radius 3 is 2.04 bits per heavy atom. The third-order valence-corrected chi connectivity index (χ3v) is 5.13. The number of nitrogens with zero attached hydrogens (tertiary/aromatic N) is 1. The van der Waals surface area contributed by atoms with Gasteiger partial charge in [-0.3, -0.25) is 0 Å². The van der Waals surface area contributed by atoms with Crippen LogP contribution in [0.1, 0.15) is 51.2 Å². The lowest BCUT2D eigenvalue weighted by atomic mass is 9.93. The Balaban J connectivity index is 2.31. The smallest absolute Gasteiger partial charge is 0.145 e. The van der Waals surface area contributed by atoms with Gasteiger partial charge in [0, 0.05) is 0 Å². The summed E-state index contributed by atoms with van der Waals surface area (Å²) in [5.74, 6) is 0.326. The lowest BCUT2D eigenvalue weighted by Crippen LogP contribution is -2.21. The minimum atomic E-state index is -1.25. The van der Waals surface area contributed by atoms with Crippen LogP contribution in [-0.4, -0.2) is 14.7 Å². The number of hydrogen-bond donors (Lipinski definition) is 0. The van der Waals surface area contributed by atoms with Gasteiger partial charge in [0.2, 0.25) is 0 Å². The Morgan fingerprint density at radius 1 is 1.00 bits per heavy atom. The summed E-state index contributed by atoms with van der Waals surface area (Å²) in [7, 11) is -1.25. The molecule has 0 saturated carbocycles. The van der Waals surface area contributed by atoms with Crippen molar-refractivity contribution in [3.63, 3.8) is 0 Å². The monoisotopic (exact) mass is 327 g/mol. The third kappa shape index (κ3) is 5.14. The molecule has 0 aliphatic rings. The molecule has 0 fully saturated rings. The van der Waals surface area contributed by atoms with E-state index < -0.39 is 11.0 Å².